The summed E-state index contributed by atoms with van der Waals surface area (Å²) in [5.74, 6) is 0. The molecule has 0 unspecified atom stereocenters. The van der Waals surface area contributed by atoms with Gasteiger partial charge in [0.2, 0.25) is 0 Å². The van der Waals surface area contributed by atoms with Crippen molar-refractivity contribution in [2.24, 2.45) is 0 Å². The van der Waals surface area contributed by atoms with Gasteiger partial charge in [0.25, 0.3) is 0 Å². The molecule has 52 heavy (non-hydrogen) atoms. The highest BCUT2D eigenvalue weighted by Gasteiger charge is 2.26. The Hall–Kier alpha value is -6.62. The lowest BCUT2D eigenvalue weighted by atomic mass is 10.0. The molecule has 3 nitrogen and oxygen atoms in total. The van der Waals surface area contributed by atoms with E-state index < -0.39 is 0 Å². The van der Waals surface area contributed by atoms with Gasteiger partial charge in [0, 0.05) is 42.6 Å². The van der Waals surface area contributed by atoms with Crippen molar-refractivity contribution in [3.8, 4) is 22.3 Å². The Morgan fingerprint density at radius 3 is 1.71 bits per heavy atom. The average molecular weight is 684 g/mol. The molecule has 0 N–H and O–H groups in total. The highest BCUT2D eigenvalue weighted by atomic mass is 32.1. The van der Waals surface area contributed by atoms with Crippen LogP contribution in [-0.4, -0.2) is 0 Å². The van der Waals surface area contributed by atoms with E-state index in [9.17, 15) is 0 Å². The molecule has 3 aromatic heterocycles. The number of para-hydroxylation sites is 4. The molecule has 11 aromatic rings. The number of hydrogen-bond acceptors (Lipinski definition) is 4. The predicted octanol–water partition coefficient (Wildman–Crippen LogP) is 14.7. The summed E-state index contributed by atoms with van der Waals surface area (Å²) in [6.45, 7) is 0. The number of furan rings is 2. The van der Waals surface area contributed by atoms with Gasteiger partial charge in [0.05, 0.1) is 21.8 Å². The van der Waals surface area contributed by atoms with Crippen LogP contribution in [0.5, 0.6) is 0 Å². The van der Waals surface area contributed by atoms with Gasteiger partial charge in [-0.3, -0.25) is 0 Å². The first-order valence-electron chi connectivity index (χ1n) is 17.5. The van der Waals surface area contributed by atoms with Gasteiger partial charge in [-0.2, -0.15) is 0 Å². The second-order valence-corrected chi connectivity index (χ2v) is 14.3. The number of benzene rings is 8. The molecule has 11 rings (SSSR count). The molecular weight excluding hydrogens is 655 g/mol. The maximum atomic E-state index is 7.03. The first-order chi connectivity index (χ1) is 25.8. The van der Waals surface area contributed by atoms with Crippen LogP contribution in [0.1, 0.15) is 0 Å². The summed E-state index contributed by atoms with van der Waals surface area (Å²) in [5.41, 5.74) is 11.0. The van der Waals surface area contributed by atoms with E-state index in [1.165, 1.54) is 31.3 Å². The first-order valence-corrected chi connectivity index (χ1v) is 18.3. The van der Waals surface area contributed by atoms with Crippen LogP contribution in [0.2, 0.25) is 0 Å². The molecule has 0 aliphatic rings. The van der Waals surface area contributed by atoms with Crippen molar-refractivity contribution in [3.63, 3.8) is 0 Å². The van der Waals surface area contributed by atoms with Gasteiger partial charge < -0.3 is 13.7 Å². The van der Waals surface area contributed by atoms with Crippen LogP contribution in [0.4, 0.5) is 17.1 Å². The third-order valence-electron chi connectivity index (χ3n) is 10.3. The van der Waals surface area contributed by atoms with Crippen molar-refractivity contribution < 1.29 is 8.83 Å². The fourth-order valence-electron chi connectivity index (χ4n) is 7.89. The molecule has 0 radical (unpaired) electrons. The molecule has 0 saturated carbocycles. The number of fused-ring (bicyclic) bond motifs is 9. The van der Waals surface area contributed by atoms with Crippen LogP contribution in [0.25, 0.3) is 86.3 Å². The minimum Gasteiger partial charge on any atom is -0.454 e. The number of thiophene rings is 1. The second kappa shape index (κ2) is 11.5. The molecule has 0 atom stereocenters. The van der Waals surface area contributed by atoms with Gasteiger partial charge in [-0.05, 0) is 53.1 Å². The summed E-state index contributed by atoms with van der Waals surface area (Å²) in [5, 5.41) is 6.82. The molecule has 0 bridgehead atoms. The minimum atomic E-state index is 0.832. The molecule has 8 aromatic carbocycles. The van der Waals surface area contributed by atoms with Gasteiger partial charge >= 0.3 is 0 Å². The zero-order valence-electron chi connectivity index (χ0n) is 27.9. The Morgan fingerprint density at radius 1 is 0.365 bits per heavy atom. The fraction of sp³-hybridized carbons (Fsp3) is 0. The predicted molar refractivity (Wildman–Crippen MR) is 219 cm³/mol. The summed E-state index contributed by atoms with van der Waals surface area (Å²) in [6.07, 6.45) is 0. The summed E-state index contributed by atoms with van der Waals surface area (Å²) >= 11 is 1.83. The smallest absolute Gasteiger partial charge is 0.159 e. The van der Waals surface area contributed by atoms with Crippen LogP contribution in [0.3, 0.4) is 0 Å². The Morgan fingerprint density at radius 2 is 0.942 bits per heavy atom. The summed E-state index contributed by atoms with van der Waals surface area (Å²) < 4.78 is 16.2. The normalized spacial score (nSPS) is 11.8. The highest BCUT2D eigenvalue weighted by Crippen LogP contribution is 2.50. The van der Waals surface area contributed by atoms with Crippen molar-refractivity contribution in [3.05, 3.63) is 176 Å². The summed E-state index contributed by atoms with van der Waals surface area (Å²) in [4.78, 5) is 2.35. The minimum absolute atomic E-state index is 0.832. The topological polar surface area (TPSA) is 29.5 Å². The summed E-state index contributed by atoms with van der Waals surface area (Å²) in [6, 6.07) is 62.3. The molecule has 0 amide bonds. The molecule has 0 saturated heterocycles. The van der Waals surface area contributed by atoms with Gasteiger partial charge in [-0.15, -0.1) is 11.3 Å². The maximum absolute atomic E-state index is 7.03. The molecule has 4 heteroatoms. The van der Waals surface area contributed by atoms with Crippen LogP contribution in [0, 0.1) is 0 Å². The largest absolute Gasteiger partial charge is 0.454 e. The van der Waals surface area contributed by atoms with Gasteiger partial charge in [0.15, 0.2) is 11.2 Å². The van der Waals surface area contributed by atoms with Gasteiger partial charge in [0.1, 0.15) is 11.2 Å². The Kier molecular flexibility index (Phi) is 6.42. The maximum Gasteiger partial charge on any atom is 0.159 e. The van der Waals surface area contributed by atoms with E-state index in [4.69, 9.17) is 8.83 Å². The molecule has 0 fully saturated rings. The molecule has 244 valence electrons. The quantitative estimate of drug-likeness (QED) is 0.181. The van der Waals surface area contributed by atoms with E-state index in [0.29, 0.717) is 0 Å². The second-order valence-electron chi connectivity index (χ2n) is 13.2. The van der Waals surface area contributed by atoms with E-state index in [2.05, 4.69) is 163 Å². The van der Waals surface area contributed by atoms with E-state index in [-0.39, 0.29) is 0 Å². The van der Waals surface area contributed by atoms with Crippen molar-refractivity contribution in [2.45, 2.75) is 0 Å². The first kappa shape index (κ1) is 29.1. The fourth-order valence-corrected chi connectivity index (χ4v) is 9.08. The third kappa shape index (κ3) is 4.38. The van der Waals surface area contributed by atoms with Crippen LogP contribution >= 0.6 is 11.3 Å². The Labute approximate surface area is 303 Å². The number of hydrogen-bond donors (Lipinski definition) is 0. The molecule has 0 aliphatic carbocycles. The summed E-state index contributed by atoms with van der Waals surface area (Å²) in [7, 11) is 0. The third-order valence-corrected chi connectivity index (χ3v) is 11.5. The lowest BCUT2D eigenvalue weighted by Crippen LogP contribution is -2.10. The van der Waals surface area contributed by atoms with Crippen molar-refractivity contribution in [1.29, 1.82) is 0 Å². The monoisotopic (exact) mass is 683 g/mol. The number of anilines is 3. The molecule has 0 aliphatic heterocycles. The van der Waals surface area contributed by atoms with Crippen LogP contribution in [0.15, 0.2) is 185 Å². The zero-order chi connectivity index (χ0) is 34.2. The lowest BCUT2D eigenvalue weighted by Gasteiger charge is -2.26. The highest BCUT2D eigenvalue weighted by molar-refractivity contribution is 7.26. The average Bonchev–Trinajstić information content (AvgIpc) is 3.91. The van der Waals surface area contributed by atoms with E-state index in [0.717, 1.165) is 72.1 Å². The van der Waals surface area contributed by atoms with E-state index in [1.54, 1.807) is 0 Å². The lowest BCUT2D eigenvalue weighted by molar-refractivity contribution is 0.667. The standard InChI is InChI=1S/C48H29NO2S/c1-3-13-30(14-4-1)32-27-28-44-39(29-32)38-22-12-25-42(48(38)52-44)49(40-23-10-20-35-34-17-7-8-26-43(34)50-46(35)40)41-24-11-21-37-36-19-9-18-33(45(36)51-47(37)41)31-15-5-2-6-16-31/h1-29H. The van der Waals surface area contributed by atoms with Crippen molar-refractivity contribution in [1.82, 2.24) is 0 Å². The molecular formula is C48H29NO2S. The van der Waals surface area contributed by atoms with E-state index >= 15 is 0 Å². The van der Waals surface area contributed by atoms with Crippen molar-refractivity contribution >= 4 is 92.4 Å². The van der Waals surface area contributed by atoms with Crippen LogP contribution in [-0.2, 0) is 0 Å². The molecule has 3 heterocycles. The SMILES string of the molecule is c1ccc(-c2ccc3sc4c(N(c5cccc6c5oc5ccccc56)c5cccc6c5oc5c(-c7ccccc7)cccc56)cccc4c3c2)cc1. The van der Waals surface area contributed by atoms with Crippen molar-refractivity contribution in [2.75, 3.05) is 4.90 Å². The zero-order valence-corrected chi connectivity index (χ0v) is 28.7. The number of nitrogens with zero attached hydrogens (tertiary/aromatic N) is 1. The Bertz CT molecular complexity index is 3130. The van der Waals surface area contributed by atoms with Gasteiger partial charge in [-0.25, -0.2) is 0 Å². The van der Waals surface area contributed by atoms with Crippen LogP contribution < -0.4 is 4.90 Å². The van der Waals surface area contributed by atoms with Gasteiger partial charge in [-0.1, -0.05) is 140 Å². The molecule has 0 spiro atoms. The van der Waals surface area contributed by atoms with E-state index in [1.807, 2.05) is 29.5 Å². The Balaban J connectivity index is 1.22. The number of rotatable bonds is 5.